The summed E-state index contributed by atoms with van der Waals surface area (Å²) in [5.41, 5.74) is 0.492. The van der Waals surface area contributed by atoms with E-state index in [9.17, 15) is 4.79 Å². The van der Waals surface area contributed by atoms with E-state index in [-0.39, 0.29) is 18.2 Å². The van der Waals surface area contributed by atoms with Crippen molar-refractivity contribution in [3.8, 4) is 0 Å². The topological polar surface area (TPSA) is 67.4 Å². The zero-order valence-corrected chi connectivity index (χ0v) is 13.9. The molecule has 0 bridgehead atoms. The van der Waals surface area contributed by atoms with Gasteiger partial charge in [0.25, 0.3) is 0 Å². The van der Waals surface area contributed by atoms with E-state index in [1.165, 1.54) is 0 Å². The van der Waals surface area contributed by atoms with Gasteiger partial charge >= 0.3 is 6.09 Å². The van der Waals surface area contributed by atoms with E-state index in [0.29, 0.717) is 0 Å². The van der Waals surface area contributed by atoms with Crippen LogP contribution in [-0.2, 0) is 4.74 Å². The summed E-state index contributed by atoms with van der Waals surface area (Å²) >= 11 is 0. The molecule has 1 aliphatic rings. The number of carbonyl (C=O) groups is 1. The maximum absolute atomic E-state index is 11.9. The molecule has 0 aliphatic carbocycles. The zero-order chi connectivity index (χ0) is 16.2. The standard InChI is InChI=1S/C16H26N4O2/c1-12(14-10-17-7-8-18-14)20-9-5-6-13(11-20)19-15(21)22-16(2,3)4/h7-8,10,12-13H,5-6,9,11H2,1-4H3,(H,19,21)/t12-,13-/m1/s1. The van der Waals surface area contributed by atoms with Gasteiger partial charge in [-0.1, -0.05) is 0 Å². The largest absolute Gasteiger partial charge is 0.444 e. The van der Waals surface area contributed by atoms with Crippen molar-refractivity contribution in [2.45, 2.75) is 58.2 Å². The van der Waals surface area contributed by atoms with Gasteiger partial charge in [-0.15, -0.1) is 0 Å². The minimum absolute atomic E-state index is 0.114. The number of amides is 1. The van der Waals surface area contributed by atoms with Crippen LogP contribution in [0.3, 0.4) is 0 Å². The van der Waals surface area contributed by atoms with Gasteiger partial charge in [0.05, 0.1) is 11.7 Å². The molecular weight excluding hydrogens is 280 g/mol. The Morgan fingerprint density at radius 2 is 2.23 bits per heavy atom. The van der Waals surface area contributed by atoms with Crippen LogP contribution in [-0.4, -0.2) is 45.7 Å². The van der Waals surface area contributed by atoms with Gasteiger partial charge in [0.15, 0.2) is 0 Å². The number of hydrogen-bond acceptors (Lipinski definition) is 5. The van der Waals surface area contributed by atoms with Gasteiger partial charge in [-0.25, -0.2) is 4.79 Å². The third-order valence-electron chi connectivity index (χ3n) is 3.73. The third-order valence-corrected chi connectivity index (χ3v) is 3.73. The highest BCUT2D eigenvalue weighted by Crippen LogP contribution is 2.22. The molecule has 0 unspecified atom stereocenters. The normalized spacial score (nSPS) is 21.2. The number of nitrogens with one attached hydrogen (secondary N) is 1. The van der Waals surface area contributed by atoms with E-state index in [2.05, 4.69) is 27.1 Å². The first-order chi connectivity index (χ1) is 10.3. The van der Waals surface area contributed by atoms with Crippen LogP contribution in [0.4, 0.5) is 4.79 Å². The van der Waals surface area contributed by atoms with Gasteiger partial charge < -0.3 is 10.1 Å². The second-order valence-electron chi connectivity index (χ2n) is 6.79. The van der Waals surface area contributed by atoms with Crippen molar-refractivity contribution in [3.63, 3.8) is 0 Å². The number of likely N-dealkylation sites (tertiary alicyclic amines) is 1. The fourth-order valence-corrected chi connectivity index (χ4v) is 2.66. The number of aromatic nitrogens is 2. The number of nitrogens with zero attached hydrogens (tertiary/aromatic N) is 3. The monoisotopic (exact) mass is 306 g/mol. The molecule has 1 aliphatic heterocycles. The number of ether oxygens (including phenoxy) is 1. The molecule has 1 aromatic rings. The van der Waals surface area contributed by atoms with Gasteiger partial charge in [-0.2, -0.15) is 0 Å². The lowest BCUT2D eigenvalue weighted by atomic mass is 10.0. The van der Waals surface area contributed by atoms with Gasteiger partial charge in [-0.3, -0.25) is 14.9 Å². The summed E-state index contributed by atoms with van der Waals surface area (Å²) in [7, 11) is 0. The number of carbonyl (C=O) groups excluding carboxylic acids is 1. The Balaban J connectivity index is 1.90. The lowest BCUT2D eigenvalue weighted by Crippen LogP contribution is -2.49. The first-order valence-corrected chi connectivity index (χ1v) is 7.84. The molecule has 0 spiro atoms. The molecule has 122 valence electrons. The van der Waals surface area contributed by atoms with E-state index in [4.69, 9.17) is 4.74 Å². The smallest absolute Gasteiger partial charge is 0.407 e. The van der Waals surface area contributed by atoms with E-state index >= 15 is 0 Å². The third kappa shape index (κ3) is 4.94. The number of rotatable bonds is 3. The van der Waals surface area contributed by atoms with Crippen LogP contribution >= 0.6 is 0 Å². The van der Waals surface area contributed by atoms with Gasteiger partial charge in [-0.05, 0) is 47.1 Å². The molecular formula is C16H26N4O2. The summed E-state index contributed by atoms with van der Waals surface area (Å²) < 4.78 is 5.33. The van der Waals surface area contributed by atoms with E-state index in [1.807, 2.05) is 20.8 Å². The fourth-order valence-electron chi connectivity index (χ4n) is 2.66. The summed E-state index contributed by atoms with van der Waals surface area (Å²) in [6.45, 7) is 9.54. The quantitative estimate of drug-likeness (QED) is 0.929. The number of piperidine rings is 1. The average Bonchev–Trinajstić information content (AvgIpc) is 2.45. The highest BCUT2D eigenvalue weighted by Gasteiger charge is 2.27. The summed E-state index contributed by atoms with van der Waals surface area (Å²) in [5, 5.41) is 2.97. The molecule has 1 saturated heterocycles. The summed E-state index contributed by atoms with van der Waals surface area (Å²) in [6, 6.07) is 0.305. The first kappa shape index (κ1) is 16.7. The molecule has 0 radical (unpaired) electrons. The highest BCUT2D eigenvalue weighted by atomic mass is 16.6. The Morgan fingerprint density at radius 3 is 2.86 bits per heavy atom. The number of alkyl carbamates (subject to hydrolysis) is 1. The van der Waals surface area contributed by atoms with Crippen molar-refractivity contribution in [3.05, 3.63) is 24.3 Å². The predicted molar refractivity (Wildman–Crippen MR) is 84.4 cm³/mol. The summed E-state index contributed by atoms with van der Waals surface area (Å²) in [4.78, 5) is 22.7. The van der Waals surface area contributed by atoms with E-state index in [0.717, 1.165) is 31.6 Å². The molecule has 0 saturated carbocycles. The lowest BCUT2D eigenvalue weighted by Gasteiger charge is -2.36. The van der Waals surface area contributed by atoms with E-state index in [1.54, 1.807) is 18.6 Å². The van der Waals surface area contributed by atoms with Crippen molar-refractivity contribution in [2.24, 2.45) is 0 Å². The lowest BCUT2D eigenvalue weighted by molar-refractivity contribution is 0.0457. The Morgan fingerprint density at radius 1 is 1.45 bits per heavy atom. The van der Waals surface area contributed by atoms with Gasteiger partial charge in [0, 0.05) is 31.2 Å². The summed E-state index contributed by atoms with van der Waals surface area (Å²) in [5.74, 6) is 0. The molecule has 2 atom stereocenters. The van der Waals surface area contributed by atoms with Crippen molar-refractivity contribution in [1.29, 1.82) is 0 Å². The number of hydrogen-bond donors (Lipinski definition) is 1. The maximum Gasteiger partial charge on any atom is 0.407 e. The average molecular weight is 306 g/mol. The Bertz CT molecular complexity index is 487. The van der Waals surface area contributed by atoms with E-state index < -0.39 is 5.60 Å². The molecule has 2 rings (SSSR count). The second-order valence-corrected chi connectivity index (χ2v) is 6.79. The zero-order valence-electron chi connectivity index (χ0n) is 13.9. The minimum Gasteiger partial charge on any atom is -0.444 e. The molecule has 1 fully saturated rings. The molecule has 1 amide bonds. The van der Waals surface area contributed by atoms with Crippen molar-refractivity contribution >= 4 is 6.09 Å². The molecule has 2 heterocycles. The van der Waals surface area contributed by atoms with Crippen LogP contribution in [0, 0.1) is 0 Å². The van der Waals surface area contributed by atoms with Crippen LogP contribution in [0.25, 0.3) is 0 Å². The molecule has 22 heavy (non-hydrogen) atoms. The van der Waals surface area contributed by atoms with Gasteiger partial charge in [0.1, 0.15) is 5.60 Å². The molecule has 1 aromatic heterocycles. The van der Waals surface area contributed by atoms with Crippen molar-refractivity contribution < 1.29 is 9.53 Å². The maximum atomic E-state index is 11.9. The van der Waals surface area contributed by atoms with Gasteiger partial charge in [0.2, 0.25) is 0 Å². The Hall–Kier alpha value is -1.69. The van der Waals surface area contributed by atoms with Crippen LogP contribution in [0.5, 0.6) is 0 Å². The van der Waals surface area contributed by atoms with Crippen LogP contribution < -0.4 is 5.32 Å². The molecule has 6 nitrogen and oxygen atoms in total. The Kier molecular flexibility index (Phi) is 5.34. The fraction of sp³-hybridized carbons (Fsp3) is 0.688. The molecule has 6 heteroatoms. The highest BCUT2D eigenvalue weighted by molar-refractivity contribution is 5.68. The van der Waals surface area contributed by atoms with Crippen molar-refractivity contribution in [2.75, 3.05) is 13.1 Å². The molecule has 1 N–H and O–H groups in total. The SMILES string of the molecule is C[C@H](c1cnccn1)N1CCC[C@@H](NC(=O)OC(C)(C)C)C1. The van der Waals surface area contributed by atoms with Crippen LogP contribution in [0.2, 0.25) is 0 Å². The molecule has 0 aromatic carbocycles. The minimum atomic E-state index is -0.467. The van der Waals surface area contributed by atoms with Crippen LogP contribution in [0.1, 0.15) is 52.3 Å². The Labute approximate surface area is 132 Å². The predicted octanol–water partition coefficient (Wildman–Crippen LogP) is 2.53. The summed E-state index contributed by atoms with van der Waals surface area (Å²) in [6.07, 6.45) is 6.88. The second kappa shape index (κ2) is 7.05. The first-order valence-electron chi connectivity index (χ1n) is 7.84. The van der Waals surface area contributed by atoms with Crippen LogP contribution in [0.15, 0.2) is 18.6 Å². The van der Waals surface area contributed by atoms with Crippen molar-refractivity contribution in [1.82, 2.24) is 20.2 Å².